The molecule has 1 aliphatic rings. The molecule has 0 spiro atoms. The molecule has 0 saturated carbocycles. The lowest BCUT2D eigenvalue weighted by Gasteiger charge is -2.12. The number of ether oxygens (including phenoxy) is 2. The van der Waals surface area contributed by atoms with Crippen molar-refractivity contribution < 1.29 is 14.3 Å². The third kappa shape index (κ3) is 3.30. The molecule has 1 amide bonds. The van der Waals surface area contributed by atoms with E-state index in [-0.39, 0.29) is 5.91 Å². The van der Waals surface area contributed by atoms with Gasteiger partial charge in [-0.3, -0.25) is 4.79 Å². The number of anilines is 1. The van der Waals surface area contributed by atoms with Gasteiger partial charge in [0.25, 0.3) is 5.91 Å². The SMILES string of the molecule is COc1cc(Br)c(C=C2C(=O)N(c3ccccc3)N=C2C)cc1OC. The van der Waals surface area contributed by atoms with E-state index in [1.54, 1.807) is 20.3 Å². The van der Waals surface area contributed by atoms with E-state index in [1.807, 2.05) is 49.4 Å². The number of para-hydroxylation sites is 1. The molecule has 2 aromatic rings. The molecule has 0 unspecified atom stereocenters. The van der Waals surface area contributed by atoms with Crippen LogP contribution < -0.4 is 14.5 Å². The van der Waals surface area contributed by atoms with E-state index in [0.717, 1.165) is 15.7 Å². The number of rotatable bonds is 4. The van der Waals surface area contributed by atoms with Gasteiger partial charge in [0.15, 0.2) is 11.5 Å². The molecular formula is C19H17BrN2O3. The summed E-state index contributed by atoms with van der Waals surface area (Å²) < 4.78 is 11.4. The van der Waals surface area contributed by atoms with Crippen molar-refractivity contribution in [3.8, 4) is 11.5 Å². The summed E-state index contributed by atoms with van der Waals surface area (Å²) in [6.45, 7) is 1.82. The molecule has 2 aromatic carbocycles. The van der Waals surface area contributed by atoms with E-state index in [2.05, 4.69) is 21.0 Å². The monoisotopic (exact) mass is 400 g/mol. The Bertz CT molecular complexity index is 876. The molecule has 0 aromatic heterocycles. The van der Waals surface area contributed by atoms with E-state index < -0.39 is 0 Å². The van der Waals surface area contributed by atoms with Gasteiger partial charge in [0.2, 0.25) is 0 Å². The fourth-order valence-electron chi connectivity index (χ4n) is 2.56. The van der Waals surface area contributed by atoms with Crippen LogP contribution in [0.5, 0.6) is 11.5 Å². The third-order valence-corrected chi connectivity index (χ3v) is 4.55. The summed E-state index contributed by atoms with van der Waals surface area (Å²) in [5.74, 6) is 1.05. The van der Waals surface area contributed by atoms with E-state index >= 15 is 0 Å². The third-order valence-electron chi connectivity index (χ3n) is 3.87. The van der Waals surface area contributed by atoms with Crippen LogP contribution in [-0.2, 0) is 4.79 Å². The van der Waals surface area contributed by atoms with Crippen molar-refractivity contribution in [2.45, 2.75) is 6.92 Å². The minimum Gasteiger partial charge on any atom is -0.493 e. The summed E-state index contributed by atoms with van der Waals surface area (Å²) in [4.78, 5) is 12.8. The van der Waals surface area contributed by atoms with Gasteiger partial charge in [0.1, 0.15) is 0 Å². The van der Waals surface area contributed by atoms with Gasteiger partial charge < -0.3 is 9.47 Å². The zero-order chi connectivity index (χ0) is 18.0. The molecule has 25 heavy (non-hydrogen) atoms. The van der Waals surface area contributed by atoms with Gasteiger partial charge in [-0.15, -0.1) is 0 Å². The topological polar surface area (TPSA) is 51.1 Å². The Labute approximate surface area is 154 Å². The normalized spacial score (nSPS) is 15.5. The lowest BCUT2D eigenvalue weighted by Crippen LogP contribution is -2.21. The van der Waals surface area contributed by atoms with Crippen LogP contribution in [0.25, 0.3) is 6.08 Å². The molecule has 0 saturated heterocycles. The van der Waals surface area contributed by atoms with Gasteiger partial charge >= 0.3 is 0 Å². The average molecular weight is 401 g/mol. The Morgan fingerprint density at radius 3 is 2.36 bits per heavy atom. The highest BCUT2D eigenvalue weighted by atomic mass is 79.9. The number of hydrazone groups is 1. The zero-order valence-electron chi connectivity index (χ0n) is 14.1. The minimum atomic E-state index is -0.162. The predicted molar refractivity (Wildman–Crippen MR) is 102 cm³/mol. The van der Waals surface area contributed by atoms with Crippen LogP contribution in [0.15, 0.2) is 57.6 Å². The minimum absolute atomic E-state index is 0.162. The predicted octanol–water partition coefficient (Wildman–Crippen LogP) is 4.27. The molecule has 0 aliphatic carbocycles. The molecule has 0 fully saturated rings. The molecule has 3 rings (SSSR count). The molecule has 128 valence electrons. The first-order valence-electron chi connectivity index (χ1n) is 7.63. The first-order valence-corrected chi connectivity index (χ1v) is 8.42. The van der Waals surface area contributed by atoms with Crippen LogP contribution in [0.3, 0.4) is 0 Å². The summed E-state index contributed by atoms with van der Waals surface area (Å²) >= 11 is 3.51. The molecule has 6 heteroatoms. The van der Waals surface area contributed by atoms with Gasteiger partial charge in [-0.2, -0.15) is 10.1 Å². The van der Waals surface area contributed by atoms with Crippen molar-refractivity contribution in [3.05, 3.63) is 58.1 Å². The second kappa shape index (κ2) is 7.11. The first-order chi connectivity index (χ1) is 12.0. The van der Waals surface area contributed by atoms with Crippen LogP contribution in [0.4, 0.5) is 5.69 Å². The van der Waals surface area contributed by atoms with Crippen molar-refractivity contribution >= 4 is 39.3 Å². The van der Waals surface area contributed by atoms with Crippen LogP contribution in [-0.4, -0.2) is 25.8 Å². The van der Waals surface area contributed by atoms with Gasteiger partial charge in [-0.25, -0.2) is 0 Å². The average Bonchev–Trinajstić information content (AvgIpc) is 2.91. The fourth-order valence-corrected chi connectivity index (χ4v) is 3.00. The standard InChI is InChI=1S/C19H17BrN2O3/c1-12-15(19(23)22(21-12)14-7-5-4-6-8-14)9-13-10-17(24-2)18(25-3)11-16(13)20/h4-11H,1-3H3. The zero-order valence-corrected chi connectivity index (χ0v) is 15.7. The van der Waals surface area contributed by atoms with Crippen molar-refractivity contribution in [1.29, 1.82) is 0 Å². The Hall–Kier alpha value is -2.60. The van der Waals surface area contributed by atoms with E-state index in [9.17, 15) is 4.79 Å². The highest BCUT2D eigenvalue weighted by Gasteiger charge is 2.28. The lowest BCUT2D eigenvalue weighted by atomic mass is 10.1. The molecule has 1 heterocycles. The highest BCUT2D eigenvalue weighted by Crippen LogP contribution is 2.35. The van der Waals surface area contributed by atoms with Crippen LogP contribution >= 0.6 is 15.9 Å². The summed E-state index contributed by atoms with van der Waals surface area (Å²) in [7, 11) is 3.16. The van der Waals surface area contributed by atoms with Crippen molar-refractivity contribution in [3.63, 3.8) is 0 Å². The largest absolute Gasteiger partial charge is 0.493 e. The molecule has 0 bridgehead atoms. The number of amides is 1. The van der Waals surface area contributed by atoms with Gasteiger partial charge in [-0.05, 0) is 42.8 Å². The molecule has 1 aliphatic heterocycles. The fraction of sp³-hybridized carbons (Fsp3) is 0.158. The van der Waals surface area contributed by atoms with E-state index in [1.165, 1.54) is 5.01 Å². The number of nitrogens with zero attached hydrogens (tertiary/aromatic N) is 2. The molecular weight excluding hydrogens is 384 g/mol. The lowest BCUT2D eigenvalue weighted by molar-refractivity contribution is -0.114. The van der Waals surface area contributed by atoms with Crippen molar-refractivity contribution in [2.75, 3.05) is 19.2 Å². The Kier molecular flexibility index (Phi) is 4.90. The summed E-state index contributed by atoms with van der Waals surface area (Å²) in [6, 6.07) is 13.0. The maximum absolute atomic E-state index is 12.8. The smallest absolute Gasteiger partial charge is 0.280 e. The van der Waals surface area contributed by atoms with Crippen molar-refractivity contribution in [1.82, 2.24) is 0 Å². The van der Waals surface area contributed by atoms with Crippen molar-refractivity contribution in [2.24, 2.45) is 5.10 Å². The number of carbonyl (C=O) groups excluding carboxylic acids is 1. The van der Waals surface area contributed by atoms with Crippen LogP contribution in [0.2, 0.25) is 0 Å². The molecule has 5 nitrogen and oxygen atoms in total. The number of hydrogen-bond acceptors (Lipinski definition) is 4. The second-order valence-corrected chi connectivity index (χ2v) is 6.28. The Morgan fingerprint density at radius 1 is 1.08 bits per heavy atom. The maximum Gasteiger partial charge on any atom is 0.280 e. The number of benzene rings is 2. The van der Waals surface area contributed by atoms with Crippen LogP contribution in [0.1, 0.15) is 12.5 Å². The van der Waals surface area contributed by atoms with Gasteiger partial charge in [0, 0.05) is 4.47 Å². The van der Waals surface area contributed by atoms with Gasteiger partial charge in [0.05, 0.1) is 31.2 Å². The van der Waals surface area contributed by atoms with Gasteiger partial charge in [-0.1, -0.05) is 34.1 Å². The maximum atomic E-state index is 12.8. The molecule has 0 N–H and O–H groups in total. The highest BCUT2D eigenvalue weighted by molar-refractivity contribution is 9.10. The number of halogens is 1. The van der Waals surface area contributed by atoms with Crippen LogP contribution in [0, 0.1) is 0 Å². The summed E-state index contributed by atoms with van der Waals surface area (Å²) in [6.07, 6.45) is 1.80. The van der Waals surface area contributed by atoms with E-state index in [0.29, 0.717) is 22.8 Å². The summed E-state index contributed by atoms with van der Waals surface area (Å²) in [5, 5.41) is 5.80. The molecule has 0 atom stereocenters. The summed E-state index contributed by atoms with van der Waals surface area (Å²) in [5.41, 5.74) is 2.75. The quantitative estimate of drug-likeness (QED) is 0.719. The Morgan fingerprint density at radius 2 is 1.72 bits per heavy atom. The number of hydrogen-bond donors (Lipinski definition) is 0. The Balaban J connectivity index is 2.00. The second-order valence-electron chi connectivity index (χ2n) is 5.42. The molecule has 0 radical (unpaired) electrons. The van der Waals surface area contributed by atoms with E-state index in [4.69, 9.17) is 9.47 Å². The first kappa shape index (κ1) is 17.2. The number of carbonyl (C=O) groups is 1. The number of methoxy groups -OCH3 is 2.